The van der Waals surface area contributed by atoms with Gasteiger partial charge in [0, 0.05) is 48.7 Å². The number of nitrogens with zero attached hydrogens (tertiary/aromatic N) is 4. The number of rotatable bonds is 4. The first-order chi connectivity index (χ1) is 14.0. The Morgan fingerprint density at radius 1 is 1.28 bits per heavy atom. The molecule has 0 N–H and O–H groups in total. The van der Waals surface area contributed by atoms with Crippen LogP contribution in [0.25, 0.3) is 0 Å². The van der Waals surface area contributed by atoms with Gasteiger partial charge in [-0.25, -0.2) is 0 Å². The summed E-state index contributed by atoms with van der Waals surface area (Å²) in [4.78, 5) is 19.6. The minimum atomic E-state index is 0.0479. The number of carbonyl (C=O) groups excluding carboxylic acids is 1. The number of carbonyl (C=O) groups is 1. The van der Waals surface area contributed by atoms with Gasteiger partial charge in [-0.3, -0.25) is 14.5 Å². The van der Waals surface area contributed by atoms with Crippen LogP contribution in [-0.4, -0.2) is 38.7 Å². The third-order valence-electron chi connectivity index (χ3n) is 5.46. The van der Waals surface area contributed by atoms with E-state index in [0.29, 0.717) is 12.1 Å². The fourth-order valence-corrected chi connectivity index (χ4v) is 4.26. The Labute approximate surface area is 176 Å². The average Bonchev–Trinajstić information content (AvgIpc) is 3.15. The Morgan fingerprint density at radius 2 is 2.10 bits per heavy atom. The van der Waals surface area contributed by atoms with Gasteiger partial charge >= 0.3 is 0 Å². The van der Waals surface area contributed by atoms with Crippen LogP contribution in [0.5, 0.6) is 0 Å². The van der Waals surface area contributed by atoms with Crippen molar-refractivity contribution in [3.63, 3.8) is 0 Å². The third kappa shape index (κ3) is 4.51. The number of piperidine rings is 1. The molecule has 1 atom stereocenters. The zero-order chi connectivity index (χ0) is 20.4. The lowest BCUT2D eigenvalue weighted by molar-refractivity contribution is 0.0706. The van der Waals surface area contributed by atoms with Crippen molar-refractivity contribution >= 4 is 17.5 Å². The number of hydrogen-bond donors (Lipinski definition) is 0. The molecule has 1 aliphatic rings. The van der Waals surface area contributed by atoms with Gasteiger partial charge in [0.1, 0.15) is 0 Å². The smallest absolute Gasteiger partial charge is 0.257 e. The van der Waals surface area contributed by atoms with Crippen molar-refractivity contribution in [2.24, 2.45) is 7.05 Å². The van der Waals surface area contributed by atoms with E-state index in [2.05, 4.69) is 23.3 Å². The number of amides is 1. The molecule has 1 fully saturated rings. The summed E-state index contributed by atoms with van der Waals surface area (Å²) in [6.07, 6.45) is 6.21. The summed E-state index contributed by atoms with van der Waals surface area (Å²) in [5.41, 5.74) is 5.03. The van der Waals surface area contributed by atoms with Crippen molar-refractivity contribution in [3.05, 3.63) is 81.9 Å². The van der Waals surface area contributed by atoms with Gasteiger partial charge in [0.15, 0.2) is 0 Å². The standard InChI is InChI=1S/C23H25ClN4O/c1-16-10-17(11-18-6-3-4-8-21(18)24)12-22(26-16)19-7-5-9-28(15-19)23(29)20-13-25-27(2)14-20/h3-4,6,8,10,12-14,19H,5,7,9,11,15H2,1-2H3/t19-/m0/s1. The second-order valence-electron chi connectivity index (χ2n) is 7.80. The zero-order valence-corrected chi connectivity index (χ0v) is 17.6. The SMILES string of the molecule is Cc1cc(Cc2ccccc2Cl)cc([C@H]2CCCN(C(=O)c3cnn(C)c3)C2)n1. The number of aryl methyl sites for hydroxylation is 2. The minimum Gasteiger partial charge on any atom is -0.338 e. The molecule has 3 heterocycles. The molecular weight excluding hydrogens is 384 g/mol. The van der Waals surface area contributed by atoms with Crippen molar-refractivity contribution < 1.29 is 4.79 Å². The van der Waals surface area contributed by atoms with Gasteiger partial charge in [-0.1, -0.05) is 29.8 Å². The molecule has 0 unspecified atom stereocenters. The molecular formula is C23H25ClN4O. The van der Waals surface area contributed by atoms with E-state index >= 15 is 0 Å². The third-order valence-corrected chi connectivity index (χ3v) is 5.83. The second-order valence-corrected chi connectivity index (χ2v) is 8.21. The molecule has 1 amide bonds. The molecule has 2 aromatic heterocycles. The summed E-state index contributed by atoms with van der Waals surface area (Å²) in [6.45, 7) is 3.50. The number of pyridine rings is 1. The van der Waals surface area contributed by atoms with Gasteiger partial charge < -0.3 is 4.90 Å². The van der Waals surface area contributed by atoms with E-state index in [1.54, 1.807) is 17.1 Å². The second kappa shape index (κ2) is 8.37. The molecule has 0 bridgehead atoms. The Kier molecular flexibility index (Phi) is 5.67. The Morgan fingerprint density at radius 3 is 2.86 bits per heavy atom. The molecule has 0 spiro atoms. The summed E-state index contributed by atoms with van der Waals surface area (Å²) < 4.78 is 1.66. The summed E-state index contributed by atoms with van der Waals surface area (Å²) in [7, 11) is 1.83. The fourth-order valence-electron chi connectivity index (χ4n) is 4.06. The van der Waals surface area contributed by atoms with Crippen LogP contribution in [0.4, 0.5) is 0 Å². The first-order valence-corrected chi connectivity index (χ1v) is 10.4. The van der Waals surface area contributed by atoms with E-state index in [1.165, 1.54) is 5.56 Å². The van der Waals surface area contributed by atoms with Crippen LogP contribution < -0.4 is 0 Å². The van der Waals surface area contributed by atoms with E-state index in [9.17, 15) is 4.79 Å². The van der Waals surface area contributed by atoms with Gasteiger partial charge in [0.25, 0.3) is 5.91 Å². The van der Waals surface area contributed by atoms with Crippen molar-refractivity contribution in [1.82, 2.24) is 19.7 Å². The first kappa shape index (κ1) is 19.6. The molecule has 0 radical (unpaired) electrons. The van der Waals surface area contributed by atoms with Crippen molar-refractivity contribution in [2.45, 2.75) is 32.1 Å². The highest BCUT2D eigenvalue weighted by Gasteiger charge is 2.27. The van der Waals surface area contributed by atoms with E-state index in [1.807, 2.05) is 37.1 Å². The number of likely N-dealkylation sites (tertiary alicyclic amines) is 1. The maximum atomic E-state index is 12.8. The lowest BCUT2D eigenvalue weighted by atomic mass is 9.92. The van der Waals surface area contributed by atoms with E-state index in [4.69, 9.17) is 16.6 Å². The van der Waals surface area contributed by atoms with Crippen LogP contribution in [0.15, 0.2) is 48.8 Å². The molecule has 4 rings (SSSR count). The number of aromatic nitrogens is 3. The van der Waals surface area contributed by atoms with Crippen LogP contribution in [0.2, 0.25) is 5.02 Å². The molecule has 3 aromatic rings. The van der Waals surface area contributed by atoms with Gasteiger partial charge in [0.05, 0.1) is 11.8 Å². The summed E-state index contributed by atoms with van der Waals surface area (Å²) >= 11 is 6.35. The molecule has 1 saturated heterocycles. The van der Waals surface area contributed by atoms with Crippen LogP contribution >= 0.6 is 11.6 Å². The fraction of sp³-hybridized carbons (Fsp3) is 0.348. The lowest BCUT2D eigenvalue weighted by Gasteiger charge is -2.32. The maximum absolute atomic E-state index is 12.8. The Balaban J connectivity index is 1.53. The van der Waals surface area contributed by atoms with Gasteiger partial charge in [-0.05, 0) is 55.5 Å². The van der Waals surface area contributed by atoms with Gasteiger partial charge in [-0.15, -0.1) is 0 Å². The lowest BCUT2D eigenvalue weighted by Crippen LogP contribution is -2.39. The average molecular weight is 409 g/mol. The quantitative estimate of drug-likeness (QED) is 0.643. The van der Waals surface area contributed by atoms with Crippen molar-refractivity contribution in [1.29, 1.82) is 0 Å². The van der Waals surface area contributed by atoms with E-state index in [-0.39, 0.29) is 11.8 Å². The molecule has 1 aliphatic heterocycles. The predicted molar refractivity (Wildman–Crippen MR) is 114 cm³/mol. The maximum Gasteiger partial charge on any atom is 0.257 e. The molecule has 5 nitrogen and oxygen atoms in total. The van der Waals surface area contributed by atoms with Crippen LogP contribution in [0, 0.1) is 6.92 Å². The van der Waals surface area contributed by atoms with E-state index in [0.717, 1.165) is 47.8 Å². The predicted octanol–water partition coefficient (Wildman–Crippen LogP) is 4.39. The number of benzene rings is 1. The van der Waals surface area contributed by atoms with Gasteiger partial charge in [0.2, 0.25) is 0 Å². The number of hydrogen-bond acceptors (Lipinski definition) is 3. The van der Waals surface area contributed by atoms with Crippen molar-refractivity contribution in [3.8, 4) is 0 Å². The highest BCUT2D eigenvalue weighted by atomic mass is 35.5. The van der Waals surface area contributed by atoms with Crippen LogP contribution in [-0.2, 0) is 13.5 Å². The first-order valence-electron chi connectivity index (χ1n) is 9.98. The molecule has 0 saturated carbocycles. The highest BCUT2D eigenvalue weighted by Crippen LogP contribution is 2.28. The topological polar surface area (TPSA) is 51.0 Å². The summed E-state index contributed by atoms with van der Waals surface area (Å²) in [5, 5.41) is 4.91. The monoisotopic (exact) mass is 408 g/mol. The van der Waals surface area contributed by atoms with Crippen LogP contribution in [0.1, 0.15) is 51.6 Å². The molecule has 0 aliphatic carbocycles. The molecule has 150 valence electrons. The number of halogens is 1. The summed E-state index contributed by atoms with van der Waals surface area (Å²) in [5.74, 6) is 0.293. The summed E-state index contributed by atoms with van der Waals surface area (Å²) in [6, 6.07) is 12.2. The largest absolute Gasteiger partial charge is 0.338 e. The van der Waals surface area contributed by atoms with Crippen molar-refractivity contribution in [2.75, 3.05) is 13.1 Å². The molecule has 6 heteroatoms. The van der Waals surface area contributed by atoms with Gasteiger partial charge in [-0.2, -0.15) is 5.10 Å². The minimum absolute atomic E-state index is 0.0479. The highest BCUT2D eigenvalue weighted by molar-refractivity contribution is 6.31. The normalized spacial score (nSPS) is 16.8. The van der Waals surface area contributed by atoms with Crippen LogP contribution in [0.3, 0.4) is 0 Å². The Hall–Kier alpha value is -2.66. The van der Waals surface area contributed by atoms with E-state index < -0.39 is 0 Å². The molecule has 29 heavy (non-hydrogen) atoms. The zero-order valence-electron chi connectivity index (χ0n) is 16.8. The molecule has 1 aromatic carbocycles. The Bertz CT molecular complexity index is 1030.